The van der Waals surface area contributed by atoms with Gasteiger partial charge in [-0.3, -0.25) is 4.79 Å². The summed E-state index contributed by atoms with van der Waals surface area (Å²) in [7, 11) is 0. The van der Waals surface area contributed by atoms with E-state index in [9.17, 15) is 4.79 Å². The molecule has 0 spiro atoms. The summed E-state index contributed by atoms with van der Waals surface area (Å²) in [6.07, 6.45) is 7.61. The molecule has 2 aromatic heterocycles. The number of rotatable bonds is 4. The molecule has 2 saturated heterocycles. The first-order chi connectivity index (χ1) is 13.2. The van der Waals surface area contributed by atoms with Gasteiger partial charge in [-0.2, -0.15) is 0 Å². The number of piperidine rings is 1. The number of aromatic nitrogens is 3. The van der Waals surface area contributed by atoms with Crippen LogP contribution in [0.15, 0.2) is 36.7 Å². The topological polar surface area (TPSA) is 57.5 Å². The van der Waals surface area contributed by atoms with Crippen molar-refractivity contribution in [2.75, 3.05) is 42.5 Å². The highest BCUT2D eigenvalue weighted by Gasteiger charge is 2.23. The summed E-state index contributed by atoms with van der Waals surface area (Å²) in [5, 5.41) is 8.95. The van der Waals surface area contributed by atoms with Crippen LogP contribution in [0, 0.1) is 0 Å². The van der Waals surface area contributed by atoms with Crippen LogP contribution in [0.4, 0.5) is 11.6 Å². The first kappa shape index (κ1) is 17.8. The van der Waals surface area contributed by atoms with E-state index in [2.05, 4.69) is 39.1 Å². The van der Waals surface area contributed by atoms with Crippen LogP contribution >= 0.6 is 0 Å². The molecule has 27 heavy (non-hydrogen) atoms. The molecule has 0 N–H and O–H groups in total. The molecule has 2 aromatic rings. The van der Waals surface area contributed by atoms with Gasteiger partial charge in [-0.25, -0.2) is 0 Å². The fraction of sp³-hybridized carbons (Fsp3) is 0.550. The van der Waals surface area contributed by atoms with Crippen LogP contribution in [-0.4, -0.2) is 64.3 Å². The first-order valence-corrected chi connectivity index (χ1v) is 9.94. The lowest BCUT2D eigenvalue weighted by molar-refractivity contribution is -0.132. The van der Waals surface area contributed by atoms with Gasteiger partial charge in [0.2, 0.25) is 5.91 Å². The number of nitrogens with zero attached hydrogens (tertiary/aromatic N) is 6. The summed E-state index contributed by atoms with van der Waals surface area (Å²) in [5.41, 5.74) is 0. The Bertz CT molecular complexity index is 736. The number of piperazine rings is 1. The molecule has 4 heterocycles. The standard InChI is InChI=1S/C20H28N6O/c1-17-6-2-3-11-26(17)19-8-7-18(21-22-19)24-12-14-25(15-13-24)20(27)16-23-9-4-5-10-23/h4-5,7-10,17H,2-3,6,11-16H2,1H3. The van der Waals surface area contributed by atoms with E-state index in [0.29, 0.717) is 12.6 Å². The summed E-state index contributed by atoms with van der Waals surface area (Å²) in [5.74, 6) is 2.05. The lowest BCUT2D eigenvalue weighted by atomic mass is 10.0. The Hall–Kier alpha value is -2.57. The Kier molecular flexibility index (Phi) is 5.27. The molecule has 1 amide bonds. The molecular weight excluding hydrogens is 340 g/mol. The maximum Gasteiger partial charge on any atom is 0.242 e. The largest absolute Gasteiger partial charge is 0.352 e. The quantitative estimate of drug-likeness (QED) is 0.826. The van der Waals surface area contributed by atoms with Gasteiger partial charge in [-0.1, -0.05) is 0 Å². The molecule has 0 aliphatic carbocycles. The fourth-order valence-corrected chi connectivity index (χ4v) is 4.00. The average molecular weight is 368 g/mol. The van der Waals surface area contributed by atoms with Crippen LogP contribution in [0.1, 0.15) is 26.2 Å². The number of amides is 1. The zero-order valence-corrected chi connectivity index (χ0v) is 16.0. The predicted octanol–water partition coefficient (Wildman–Crippen LogP) is 2.01. The van der Waals surface area contributed by atoms with Crippen molar-refractivity contribution in [2.45, 2.75) is 38.8 Å². The second-order valence-corrected chi connectivity index (χ2v) is 7.51. The second-order valence-electron chi connectivity index (χ2n) is 7.51. The Balaban J connectivity index is 1.32. The zero-order valence-electron chi connectivity index (χ0n) is 16.0. The number of hydrogen-bond donors (Lipinski definition) is 0. The monoisotopic (exact) mass is 368 g/mol. The van der Waals surface area contributed by atoms with Gasteiger partial charge in [0.25, 0.3) is 0 Å². The van der Waals surface area contributed by atoms with Gasteiger partial charge < -0.3 is 19.3 Å². The van der Waals surface area contributed by atoms with Crippen molar-refractivity contribution in [3.8, 4) is 0 Å². The Morgan fingerprint density at radius 3 is 2.37 bits per heavy atom. The first-order valence-electron chi connectivity index (χ1n) is 9.94. The van der Waals surface area contributed by atoms with E-state index in [0.717, 1.165) is 44.4 Å². The van der Waals surface area contributed by atoms with Gasteiger partial charge in [0.1, 0.15) is 6.54 Å². The van der Waals surface area contributed by atoms with Crippen molar-refractivity contribution in [3.05, 3.63) is 36.7 Å². The van der Waals surface area contributed by atoms with Gasteiger partial charge in [-0.15, -0.1) is 10.2 Å². The van der Waals surface area contributed by atoms with Crippen LogP contribution in [0.25, 0.3) is 0 Å². The summed E-state index contributed by atoms with van der Waals surface area (Å²) in [4.78, 5) is 18.9. The molecule has 0 radical (unpaired) electrons. The molecular formula is C20H28N6O. The van der Waals surface area contributed by atoms with Gasteiger partial charge in [0.15, 0.2) is 11.6 Å². The van der Waals surface area contributed by atoms with E-state index in [1.54, 1.807) is 0 Å². The van der Waals surface area contributed by atoms with E-state index in [-0.39, 0.29) is 5.91 Å². The molecule has 0 bridgehead atoms. The van der Waals surface area contributed by atoms with Gasteiger partial charge in [0, 0.05) is 51.2 Å². The van der Waals surface area contributed by atoms with Crippen LogP contribution in [0.2, 0.25) is 0 Å². The molecule has 144 valence electrons. The van der Waals surface area contributed by atoms with E-state index in [1.807, 2.05) is 34.0 Å². The van der Waals surface area contributed by atoms with E-state index in [1.165, 1.54) is 19.3 Å². The Morgan fingerprint density at radius 2 is 1.70 bits per heavy atom. The highest BCUT2D eigenvalue weighted by molar-refractivity contribution is 5.76. The zero-order chi connectivity index (χ0) is 18.6. The predicted molar refractivity (Wildman–Crippen MR) is 106 cm³/mol. The molecule has 2 aliphatic heterocycles. The van der Waals surface area contributed by atoms with E-state index >= 15 is 0 Å². The summed E-state index contributed by atoms with van der Waals surface area (Å²) >= 11 is 0. The van der Waals surface area contributed by atoms with Gasteiger partial charge >= 0.3 is 0 Å². The van der Waals surface area contributed by atoms with Crippen molar-refractivity contribution in [3.63, 3.8) is 0 Å². The Morgan fingerprint density at radius 1 is 1.00 bits per heavy atom. The molecule has 0 aromatic carbocycles. The lowest BCUT2D eigenvalue weighted by Crippen LogP contribution is -2.49. The smallest absolute Gasteiger partial charge is 0.242 e. The number of hydrogen-bond acceptors (Lipinski definition) is 5. The Labute approximate surface area is 160 Å². The molecule has 1 atom stereocenters. The molecule has 2 aliphatic rings. The number of carbonyl (C=O) groups excluding carboxylic acids is 1. The third kappa shape index (κ3) is 4.07. The maximum absolute atomic E-state index is 12.4. The van der Waals surface area contributed by atoms with E-state index in [4.69, 9.17) is 0 Å². The lowest BCUT2D eigenvalue weighted by Gasteiger charge is -2.36. The molecule has 4 rings (SSSR count). The normalized spacial score (nSPS) is 20.8. The second kappa shape index (κ2) is 7.98. The molecule has 7 nitrogen and oxygen atoms in total. The highest BCUT2D eigenvalue weighted by Crippen LogP contribution is 2.23. The fourth-order valence-electron chi connectivity index (χ4n) is 4.00. The van der Waals surface area contributed by atoms with Crippen molar-refractivity contribution in [1.29, 1.82) is 0 Å². The average Bonchev–Trinajstić information content (AvgIpc) is 3.22. The maximum atomic E-state index is 12.4. The van der Waals surface area contributed by atoms with E-state index < -0.39 is 0 Å². The van der Waals surface area contributed by atoms with Crippen molar-refractivity contribution in [2.24, 2.45) is 0 Å². The van der Waals surface area contributed by atoms with Crippen LogP contribution in [0.3, 0.4) is 0 Å². The van der Waals surface area contributed by atoms with Crippen LogP contribution in [0.5, 0.6) is 0 Å². The summed E-state index contributed by atoms with van der Waals surface area (Å²) in [6, 6.07) is 8.58. The number of anilines is 2. The SMILES string of the molecule is CC1CCCCN1c1ccc(N2CCN(C(=O)Cn3cccc3)CC2)nn1. The summed E-state index contributed by atoms with van der Waals surface area (Å²) < 4.78 is 1.92. The van der Waals surface area contributed by atoms with Crippen LogP contribution < -0.4 is 9.80 Å². The molecule has 2 fully saturated rings. The molecule has 7 heteroatoms. The third-order valence-corrected chi connectivity index (χ3v) is 5.67. The van der Waals surface area contributed by atoms with Gasteiger partial charge in [0.05, 0.1) is 0 Å². The summed E-state index contributed by atoms with van der Waals surface area (Å²) in [6.45, 7) is 6.79. The minimum atomic E-state index is 0.173. The minimum Gasteiger partial charge on any atom is -0.352 e. The molecule has 1 unspecified atom stereocenters. The minimum absolute atomic E-state index is 0.173. The molecule has 0 saturated carbocycles. The van der Waals surface area contributed by atoms with Gasteiger partial charge in [-0.05, 0) is 50.5 Å². The van der Waals surface area contributed by atoms with Crippen molar-refractivity contribution < 1.29 is 4.79 Å². The number of carbonyl (C=O) groups is 1. The van der Waals surface area contributed by atoms with Crippen LogP contribution in [-0.2, 0) is 11.3 Å². The third-order valence-electron chi connectivity index (χ3n) is 5.67. The van der Waals surface area contributed by atoms with Crippen molar-refractivity contribution in [1.82, 2.24) is 19.7 Å². The highest BCUT2D eigenvalue weighted by atomic mass is 16.2. The van der Waals surface area contributed by atoms with Crippen molar-refractivity contribution >= 4 is 17.5 Å².